The number of nitrogens with zero attached hydrogens (tertiary/aromatic N) is 1. The molecule has 0 atom stereocenters. The highest BCUT2D eigenvalue weighted by atomic mass is 32.2. The molecule has 1 aliphatic rings. The van der Waals surface area contributed by atoms with Gasteiger partial charge in [0.1, 0.15) is 6.61 Å². The van der Waals surface area contributed by atoms with Gasteiger partial charge in [-0.05, 0) is 48.9 Å². The number of allylic oxidation sites excluding steroid dienone is 1. The number of imide groups is 1. The van der Waals surface area contributed by atoms with Gasteiger partial charge in [0.15, 0.2) is 11.5 Å². The third kappa shape index (κ3) is 4.33. The van der Waals surface area contributed by atoms with E-state index in [1.54, 1.807) is 24.3 Å². The van der Waals surface area contributed by atoms with E-state index in [-0.39, 0.29) is 11.1 Å². The molecule has 0 saturated carbocycles. The van der Waals surface area contributed by atoms with Crippen molar-refractivity contribution >= 4 is 29.0 Å². The van der Waals surface area contributed by atoms with Gasteiger partial charge in [-0.1, -0.05) is 18.7 Å². The number of hydrogen-bond donors (Lipinski definition) is 0. The van der Waals surface area contributed by atoms with Crippen LogP contribution in [0.1, 0.15) is 18.1 Å². The van der Waals surface area contributed by atoms with Crippen molar-refractivity contribution in [3.05, 3.63) is 53.5 Å². The lowest BCUT2D eigenvalue weighted by molar-refractivity contribution is -0.121. The zero-order valence-corrected chi connectivity index (χ0v) is 15.2. The molecular weight excluding hydrogens is 338 g/mol. The van der Waals surface area contributed by atoms with Gasteiger partial charge < -0.3 is 9.47 Å². The lowest BCUT2D eigenvalue weighted by atomic mass is 10.0. The number of carbonyl (C=O) groups is 2. The summed E-state index contributed by atoms with van der Waals surface area (Å²) in [7, 11) is 1.47. The Hall–Kier alpha value is -2.47. The van der Waals surface area contributed by atoms with E-state index < -0.39 is 0 Å². The average molecular weight is 359 g/mol. The number of ether oxygens (including phenoxy) is 2. The van der Waals surface area contributed by atoms with Crippen molar-refractivity contribution in [1.82, 2.24) is 4.90 Å². The molecule has 1 aliphatic heterocycles. The van der Waals surface area contributed by atoms with Gasteiger partial charge in [0.2, 0.25) is 0 Å². The summed E-state index contributed by atoms with van der Waals surface area (Å²) in [5.41, 5.74) is 1.66. The van der Waals surface area contributed by atoms with Crippen LogP contribution in [0.5, 0.6) is 11.5 Å². The molecule has 1 saturated heterocycles. The van der Waals surface area contributed by atoms with Gasteiger partial charge in [-0.2, -0.15) is 0 Å². The van der Waals surface area contributed by atoms with Crippen molar-refractivity contribution in [3.8, 4) is 11.5 Å². The van der Waals surface area contributed by atoms with Crippen LogP contribution in [0.2, 0.25) is 0 Å². The first kappa shape index (κ1) is 18.9. The molecule has 5 nitrogen and oxygen atoms in total. The number of hydrogen-bond acceptors (Lipinski definition) is 5. The first-order chi connectivity index (χ1) is 12.0. The molecule has 132 valence electrons. The standard InChI is InChI=1S/C19H21NO4S/c1-5-8-14-10-13(12-16-18(21)20(4)19(22)25-16)11-15(23-7-3)17(14)24-9-6-2/h5-6,10-12H,1-2,7-9H2,3-4H3/b16-12-. The van der Waals surface area contributed by atoms with E-state index in [1.807, 2.05) is 13.0 Å². The molecule has 0 spiro atoms. The summed E-state index contributed by atoms with van der Waals surface area (Å²) in [5.74, 6) is 0.929. The van der Waals surface area contributed by atoms with Gasteiger partial charge in [0, 0.05) is 12.6 Å². The monoisotopic (exact) mass is 359 g/mol. The predicted octanol–water partition coefficient (Wildman–Crippen LogP) is 4.04. The van der Waals surface area contributed by atoms with Gasteiger partial charge in [-0.3, -0.25) is 14.5 Å². The Labute approximate surface area is 152 Å². The second-order valence-corrected chi connectivity index (χ2v) is 6.27. The summed E-state index contributed by atoms with van der Waals surface area (Å²) in [4.78, 5) is 25.2. The van der Waals surface area contributed by atoms with E-state index >= 15 is 0 Å². The smallest absolute Gasteiger partial charge is 0.293 e. The molecule has 0 bridgehead atoms. The Bertz CT molecular complexity index is 739. The van der Waals surface area contributed by atoms with Crippen LogP contribution >= 0.6 is 11.8 Å². The SMILES string of the molecule is C=CCOc1c(CC=C)cc(/C=C2\SC(=O)N(C)C2=O)cc1OCC. The maximum absolute atomic E-state index is 12.1. The highest BCUT2D eigenvalue weighted by Crippen LogP contribution is 2.37. The second-order valence-electron chi connectivity index (χ2n) is 5.27. The van der Waals surface area contributed by atoms with Gasteiger partial charge in [-0.25, -0.2) is 0 Å². The maximum atomic E-state index is 12.1. The number of amides is 2. The van der Waals surface area contributed by atoms with E-state index in [1.165, 1.54) is 7.05 Å². The third-order valence-electron chi connectivity index (χ3n) is 3.45. The zero-order chi connectivity index (χ0) is 18.4. The van der Waals surface area contributed by atoms with Gasteiger partial charge in [0.25, 0.3) is 11.1 Å². The number of benzene rings is 1. The summed E-state index contributed by atoms with van der Waals surface area (Å²) >= 11 is 0.926. The number of carbonyl (C=O) groups excluding carboxylic acids is 2. The van der Waals surface area contributed by atoms with Crippen molar-refractivity contribution in [2.75, 3.05) is 20.3 Å². The van der Waals surface area contributed by atoms with E-state index in [0.717, 1.165) is 27.8 Å². The molecule has 0 aliphatic carbocycles. The molecule has 1 aromatic carbocycles. The minimum atomic E-state index is -0.301. The summed E-state index contributed by atoms with van der Waals surface area (Å²) in [6.45, 7) is 10.2. The Kier molecular flexibility index (Phi) is 6.47. The Morgan fingerprint density at radius 1 is 1.20 bits per heavy atom. The molecule has 6 heteroatoms. The highest BCUT2D eigenvalue weighted by molar-refractivity contribution is 8.18. The second kappa shape index (κ2) is 8.58. The van der Waals surface area contributed by atoms with E-state index in [0.29, 0.717) is 36.0 Å². The van der Waals surface area contributed by atoms with E-state index in [9.17, 15) is 9.59 Å². The van der Waals surface area contributed by atoms with Crippen LogP contribution in [0.3, 0.4) is 0 Å². The third-order valence-corrected chi connectivity index (χ3v) is 4.41. The highest BCUT2D eigenvalue weighted by Gasteiger charge is 2.31. The quantitative estimate of drug-likeness (QED) is 0.518. The Morgan fingerprint density at radius 2 is 1.96 bits per heavy atom. The fourth-order valence-corrected chi connectivity index (χ4v) is 3.17. The Balaban J connectivity index is 2.48. The van der Waals surface area contributed by atoms with Gasteiger partial charge in [0.05, 0.1) is 11.5 Å². The first-order valence-electron chi connectivity index (χ1n) is 7.87. The maximum Gasteiger partial charge on any atom is 0.293 e. The van der Waals surface area contributed by atoms with Crippen LogP contribution in [0.4, 0.5) is 4.79 Å². The molecule has 1 fully saturated rings. The molecule has 1 heterocycles. The van der Waals surface area contributed by atoms with Crippen molar-refractivity contribution < 1.29 is 19.1 Å². The average Bonchev–Trinajstić information content (AvgIpc) is 2.82. The number of likely N-dealkylation sites (N-methyl/N-ethyl adjacent to an activating group) is 1. The van der Waals surface area contributed by atoms with Crippen LogP contribution in [0.15, 0.2) is 42.3 Å². The van der Waals surface area contributed by atoms with Gasteiger partial charge in [-0.15, -0.1) is 6.58 Å². The van der Waals surface area contributed by atoms with Crippen LogP contribution in [-0.4, -0.2) is 36.3 Å². The van der Waals surface area contributed by atoms with E-state index in [4.69, 9.17) is 9.47 Å². The van der Waals surface area contributed by atoms with Gasteiger partial charge >= 0.3 is 0 Å². The lowest BCUT2D eigenvalue weighted by Crippen LogP contribution is -2.22. The van der Waals surface area contributed by atoms with Crippen molar-refractivity contribution in [1.29, 1.82) is 0 Å². The fourth-order valence-electron chi connectivity index (χ4n) is 2.34. The normalized spacial score (nSPS) is 15.6. The topological polar surface area (TPSA) is 55.8 Å². The van der Waals surface area contributed by atoms with Crippen LogP contribution in [-0.2, 0) is 11.2 Å². The minimum Gasteiger partial charge on any atom is -0.490 e. The molecular formula is C19H21NO4S. The molecule has 1 aromatic rings. The summed E-state index contributed by atoms with van der Waals surface area (Å²) in [5, 5.41) is -0.279. The van der Waals surface area contributed by atoms with Crippen molar-refractivity contribution in [3.63, 3.8) is 0 Å². The number of rotatable bonds is 8. The van der Waals surface area contributed by atoms with Crippen LogP contribution < -0.4 is 9.47 Å². The Morgan fingerprint density at radius 3 is 2.52 bits per heavy atom. The summed E-state index contributed by atoms with van der Waals surface area (Å²) in [6.07, 6.45) is 5.72. The summed E-state index contributed by atoms with van der Waals surface area (Å²) < 4.78 is 11.5. The first-order valence-corrected chi connectivity index (χ1v) is 8.69. The van der Waals surface area contributed by atoms with Crippen molar-refractivity contribution in [2.24, 2.45) is 0 Å². The van der Waals surface area contributed by atoms with E-state index in [2.05, 4.69) is 13.2 Å². The lowest BCUT2D eigenvalue weighted by Gasteiger charge is -2.16. The van der Waals surface area contributed by atoms with Crippen molar-refractivity contribution in [2.45, 2.75) is 13.3 Å². The fraction of sp³-hybridized carbons (Fsp3) is 0.263. The molecule has 25 heavy (non-hydrogen) atoms. The predicted molar refractivity (Wildman–Crippen MR) is 101 cm³/mol. The number of thioether (sulfide) groups is 1. The largest absolute Gasteiger partial charge is 0.490 e. The molecule has 0 radical (unpaired) electrons. The minimum absolute atomic E-state index is 0.279. The molecule has 0 N–H and O–H groups in total. The van der Waals surface area contributed by atoms with Crippen LogP contribution in [0.25, 0.3) is 6.08 Å². The molecule has 0 aromatic heterocycles. The molecule has 2 amide bonds. The van der Waals surface area contributed by atoms with Crippen LogP contribution in [0, 0.1) is 0 Å². The zero-order valence-electron chi connectivity index (χ0n) is 14.4. The molecule has 0 unspecified atom stereocenters. The summed E-state index contributed by atoms with van der Waals surface area (Å²) in [6, 6.07) is 3.71. The molecule has 2 rings (SSSR count).